The SMILES string of the molecule is COC(=O)c1c(-c2cc(I)c(OC(C)C)c(OC)c2)nn(-c2ccccc2)c1C(=O)OC. The van der Waals surface area contributed by atoms with E-state index in [1.54, 1.807) is 30.3 Å². The summed E-state index contributed by atoms with van der Waals surface area (Å²) >= 11 is 2.13. The molecule has 9 heteroatoms. The van der Waals surface area contributed by atoms with Gasteiger partial charge in [0.2, 0.25) is 0 Å². The molecule has 0 saturated heterocycles. The number of nitrogens with zero attached hydrogens (tertiary/aromatic N) is 2. The minimum atomic E-state index is -0.713. The Morgan fingerprint density at radius 2 is 1.66 bits per heavy atom. The number of esters is 2. The molecule has 0 bridgehead atoms. The van der Waals surface area contributed by atoms with Crippen LogP contribution in [-0.2, 0) is 9.47 Å². The molecule has 0 amide bonds. The Balaban J connectivity index is 2.34. The van der Waals surface area contributed by atoms with Gasteiger partial charge in [0.25, 0.3) is 0 Å². The van der Waals surface area contributed by atoms with Gasteiger partial charge in [0.15, 0.2) is 17.2 Å². The first kappa shape index (κ1) is 23.6. The normalized spacial score (nSPS) is 10.7. The lowest BCUT2D eigenvalue weighted by atomic mass is 10.0. The molecule has 0 fully saturated rings. The summed E-state index contributed by atoms with van der Waals surface area (Å²) in [5, 5.41) is 4.61. The van der Waals surface area contributed by atoms with Gasteiger partial charge < -0.3 is 18.9 Å². The summed E-state index contributed by atoms with van der Waals surface area (Å²) < 4.78 is 23.5. The van der Waals surface area contributed by atoms with Crippen molar-refractivity contribution in [3.63, 3.8) is 0 Å². The molecule has 0 aliphatic carbocycles. The third-order valence-corrected chi connectivity index (χ3v) is 5.31. The van der Waals surface area contributed by atoms with Crippen LogP contribution in [0, 0.1) is 3.57 Å². The second kappa shape index (κ2) is 10.0. The van der Waals surface area contributed by atoms with Crippen molar-refractivity contribution in [3.8, 4) is 28.4 Å². The average molecular weight is 550 g/mol. The molecule has 0 aliphatic heterocycles. The van der Waals surface area contributed by atoms with Crippen LogP contribution in [0.25, 0.3) is 16.9 Å². The van der Waals surface area contributed by atoms with Gasteiger partial charge in [-0.1, -0.05) is 18.2 Å². The summed E-state index contributed by atoms with van der Waals surface area (Å²) in [5.74, 6) is -0.360. The zero-order valence-electron chi connectivity index (χ0n) is 18.3. The van der Waals surface area contributed by atoms with Gasteiger partial charge in [-0.15, -0.1) is 0 Å². The van der Waals surface area contributed by atoms with E-state index in [1.165, 1.54) is 26.0 Å². The molecule has 0 unspecified atom stereocenters. The van der Waals surface area contributed by atoms with Crippen molar-refractivity contribution in [1.82, 2.24) is 9.78 Å². The quantitative estimate of drug-likeness (QED) is 0.316. The van der Waals surface area contributed by atoms with Gasteiger partial charge in [-0.25, -0.2) is 14.3 Å². The smallest absolute Gasteiger partial charge is 0.357 e. The highest BCUT2D eigenvalue weighted by Crippen LogP contribution is 2.39. The summed E-state index contributed by atoms with van der Waals surface area (Å²) in [5.41, 5.74) is 1.37. The van der Waals surface area contributed by atoms with Gasteiger partial charge in [0.05, 0.1) is 36.7 Å². The van der Waals surface area contributed by atoms with Crippen molar-refractivity contribution < 1.29 is 28.5 Å². The molecule has 0 saturated carbocycles. The molecule has 168 valence electrons. The summed E-state index contributed by atoms with van der Waals surface area (Å²) in [6.45, 7) is 3.84. The van der Waals surface area contributed by atoms with Crippen molar-refractivity contribution >= 4 is 34.5 Å². The van der Waals surface area contributed by atoms with Gasteiger partial charge in [-0.2, -0.15) is 5.10 Å². The first-order valence-electron chi connectivity index (χ1n) is 9.72. The molecule has 8 nitrogen and oxygen atoms in total. The molecule has 32 heavy (non-hydrogen) atoms. The summed E-state index contributed by atoms with van der Waals surface area (Å²) in [6.07, 6.45) is -0.0582. The van der Waals surface area contributed by atoms with Crippen LogP contribution < -0.4 is 9.47 Å². The van der Waals surface area contributed by atoms with E-state index < -0.39 is 11.9 Å². The molecular formula is C23H23IN2O6. The van der Waals surface area contributed by atoms with Crippen LogP contribution >= 0.6 is 22.6 Å². The number of methoxy groups -OCH3 is 3. The fourth-order valence-corrected chi connectivity index (χ4v) is 3.89. The fourth-order valence-electron chi connectivity index (χ4n) is 3.16. The van der Waals surface area contributed by atoms with Gasteiger partial charge in [0, 0.05) is 5.56 Å². The predicted octanol–water partition coefficient (Wildman–Crippen LogP) is 4.51. The maximum Gasteiger partial charge on any atom is 0.357 e. The molecule has 0 atom stereocenters. The maximum atomic E-state index is 12.8. The number of carbonyl (C=O) groups is 2. The van der Waals surface area contributed by atoms with Crippen LogP contribution in [0.1, 0.15) is 34.7 Å². The summed E-state index contributed by atoms with van der Waals surface area (Å²) in [4.78, 5) is 25.5. The highest BCUT2D eigenvalue weighted by Gasteiger charge is 2.32. The molecule has 0 radical (unpaired) electrons. The molecule has 2 aromatic carbocycles. The second-order valence-electron chi connectivity index (χ2n) is 6.96. The first-order valence-corrected chi connectivity index (χ1v) is 10.8. The summed E-state index contributed by atoms with van der Waals surface area (Å²) in [7, 11) is 4.03. The Hall–Kier alpha value is -3.08. The van der Waals surface area contributed by atoms with E-state index in [-0.39, 0.29) is 23.1 Å². The van der Waals surface area contributed by atoms with Crippen LogP contribution in [0.5, 0.6) is 11.5 Å². The minimum absolute atomic E-state index is 0.00131. The van der Waals surface area contributed by atoms with E-state index in [2.05, 4.69) is 27.7 Å². The molecule has 3 rings (SSSR count). The largest absolute Gasteiger partial charge is 0.493 e. The highest BCUT2D eigenvalue weighted by atomic mass is 127. The Bertz CT molecular complexity index is 1140. The number of hydrogen-bond donors (Lipinski definition) is 0. The lowest BCUT2D eigenvalue weighted by Crippen LogP contribution is -2.15. The van der Waals surface area contributed by atoms with Crippen LogP contribution in [0.4, 0.5) is 0 Å². The Morgan fingerprint density at radius 1 is 1.00 bits per heavy atom. The standard InChI is InChI=1S/C23H23IN2O6/c1-13(2)32-21-16(24)11-14(12-17(21)29-3)19-18(22(27)30-4)20(23(28)31-5)26(25-19)15-9-7-6-8-10-15/h6-13H,1-5H3. The van der Waals surface area contributed by atoms with Crippen molar-refractivity contribution in [2.24, 2.45) is 0 Å². The maximum absolute atomic E-state index is 12.8. The Labute approximate surface area is 199 Å². The number of benzene rings is 2. The minimum Gasteiger partial charge on any atom is -0.493 e. The lowest BCUT2D eigenvalue weighted by molar-refractivity contribution is 0.0549. The van der Waals surface area contributed by atoms with E-state index >= 15 is 0 Å². The number of hydrogen-bond acceptors (Lipinski definition) is 7. The molecule has 0 aliphatic rings. The third-order valence-electron chi connectivity index (χ3n) is 4.51. The van der Waals surface area contributed by atoms with Crippen molar-refractivity contribution in [1.29, 1.82) is 0 Å². The van der Waals surface area contributed by atoms with E-state index in [9.17, 15) is 9.59 Å². The number of para-hydroxylation sites is 1. The molecule has 0 N–H and O–H groups in total. The van der Waals surface area contributed by atoms with Gasteiger partial charge >= 0.3 is 11.9 Å². The van der Waals surface area contributed by atoms with Crippen LogP contribution in [-0.4, -0.2) is 49.2 Å². The van der Waals surface area contributed by atoms with Gasteiger partial charge in [-0.05, 0) is 60.7 Å². The van der Waals surface area contributed by atoms with Crippen LogP contribution in [0.15, 0.2) is 42.5 Å². The second-order valence-corrected chi connectivity index (χ2v) is 8.12. The number of ether oxygens (including phenoxy) is 4. The number of carbonyl (C=O) groups excluding carboxylic acids is 2. The van der Waals surface area contributed by atoms with Crippen molar-refractivity contribution in [2.45, 2.75) is 20.0 Å². The van der Waals surface area contributed by atoms with E-state index in [1.807, 2.05) is 26.0 Å². The van der Waals surface area contributed by atoms with Crippen LogP contribution in [0.2, 0.25) is 0 Å². The monoisotopic (exact) mass is 550 g/mol. The Morgan fingerprint density at radius 3 is 2.22 bits per heavy atom. The lowest BCUT2D eigenvalue weighted by Gasteiger charge is -2.16. The van der Waals surface area contributed by atoms with E-state index in [0.29, 0.717) is 22.7 Å². The molecule has 0 spiro atoms. The highest BCUT2D eigenvalue weighted by molar-refractivity contribution is 14.1. The predicted molar refractivity (Wildman–Crippen MR) is 127 cm³/mol. The van der Waals surface area contributed by atoms with E-state index in [4.69, 9.17) is 18.9 Å². The van der Waals surface area contributed by atoms with E-state index in [0.717, 1.165) is 3.57 Å². The molecule has 3 aromatic rings. The van der Waals surface area contributed by atoms with Gasteiger partial charge in [-0.3, -0.25) is 0 Å². The van der Waals surface area contributed by atoms with Crippen LogP contribution in [0.3, 0.4) is 0 Å². The zero-order valence-corrected chi connectivity index (χ0v) is 20.5. The van der Waals surface area contributed by atoms with Crippen molar-refractivity contribution in [3.05, 3.63) is 57.3 Å². The number of rotatable bonds is 7. The third kappa shape index (κ3) is 4.57. The average Bonchev–Trinajstić information content (AvgIpc) is 3.20. The summed E-state index contributed by atoms with van der Waals surface area (Å²) in [6, 6.07) is 12.5. The number of halogens is 1. The zero-order chi connectivity index (χ0) is 23.4. The first-order chi connectivity index (χ1) is 15.3. The number of aromatic nitrogens is 2. The molecule has 1 heterocycles. The molecular weight excluding hydrogens is 527 g/mol. The van der Waals surface area contributed by atoms with Crippen molar-refractivity contribution in [2.75, 3.05) is 21.3 Å². The Kier molecular flexibility index (Phi) is 7.39. The topological polar surface area (TPSA) is 88.9 Å². The fraction of sp³-hybridized carbons (Fsp3) is 0.261. The molecule has 1 aromatic heterocycles. The van der Waals surface area contributed by atoms with Gasteiger partial charge in [0.1, 0.15) is 11.3 Å².